The number of aryl methyl sites for hydroxylation is 1. The van der Waals surface area contributed by atoms with Gasteiger partial charge in [0.1, 0.15) is 17.7 Å². The van der Waals surface area contributed by atoms with Gasteiger partial charge in [-0.15, -0.1) is 0 Å². The van der Waals surface area contributed by atoms with E-state index in [0.717, 1.165) is 17.7 Å². The minimum atomic E-state index is -0.283. The van der Waals surface area contributed by atoms with Gasteiger partial charge in [0.15, 0.2) is 0 Å². The largest absolute Gasteiger partial charge is 0.488 e. The van der Waals surface area contributed by atoms with Gasteiger partial charge in [-0.05, 0) is 48.9 Å². The van der Waals surface area contributed by atoms with E-state index in [9.17, 15) is 4.39 Å². The molecule has 2 atom stereocenters. The number of rotatable bonds is 3. The van der Waals surface area contributed by atoms with Crippen molar-refractivity contribution in [3.8, 4) is 5.75 Å². The molecule has 0 aliphatic carbocycles. The molecule has 0 saturated carbocycles. The summed E-state index contributed by atoms with van der Waals surface area (Å²) in [6.45, 7) is 1.74. The summed E-state index contributed by atoms with van der Waals surface area (Å²) in [4.78, 5) is 0. The summed E-state index contributed by atoms with van der Waals surface area (Å²) in [6, 6.07) is 11.1. The Balaban J connectivity index is 1.92. The van der Waals surface area contributed by atoms with Crippen molar-refractivity contribution in [2.75, 3.05) is 7.05 Å². The van der Waals surface area contributed by atoms with E-state index in [0.29, 0.717) is 10.6 Å². The van der Waals surface area contributed by atoms with Gasteiger partial charge in [0, 0.05) is 11.4 Å². The summed E-state index contributed by atoms with van der Waals surface area (Å²) in [6.07, 6.45) is 0.767. The molecule has 3 rings (SSSR count). The highest BCUT2D eigenvalue weighted by Crippen LogP contribution is 2.36. The zero-order chi connectivity index (χ0) is 15.0. The quantitative estimate of drug-likeness (QED) is 0.923. The van der Waals surface area contributed by atoms with Crippen LogP contribution in [0.1, 0.15) is 22.7 Å². The molecule has 110 valence electrons. The number of likely N-dealkylation sites (N-methyl/N-ethyl adjacent to an activating group) is 1. The van der Waals surface area contributed by atoms with Crippen LogP contribution in [0.5, 0.6) is 5.75 Å². The molecule has 1 aliphatic heterocycles. The molecular weight excluding hydrogens is 289 g/mol. The lowest BCUT2D eigenvalue weighted by atomic mass is 9.96. The number of halogens is 2. The zero-order valence-corrected chi connectivity index (χ0v) is 12.7. The molecule has 0 bridgehead atoms. The molecule has 1 heterocycles. The second-order valence-electron chi connectivity index (χ2n) is 5.36. The Kier molecular flexibility index (Phi) is 3.87. The van der Waals surface area contributed by atoms with Crippen molar-refractivity contribution in [3.05, 3.63) is 63.9 Å². The van der Waals surface area contributed by atoms with Crippen molar-refractivity contribution < 1.29 is 9.13 Å². The molecule has 2 aromatic carbocycles. The predicted molar refractivity (Wildman–Crippen MR) is 82.5 cm³/mol. The summed E-state index contributed by atoms with van der Waals surface area (Å²) in [5, 5.41) is 3.68. The molecule has 2 nitrogen and oxygen atoms in total. The maximum absolute atomic E-state index is 13.6. The van der Waals surface area contributed by atoms with Crippen LogP contribution in [-0.4, -0.2) is 13.2 Å². The van der Waals surface area contributed by atoms with Gasteiger partial charge < -0.3 is 10.1 Å². The summed E-state index contributed by atoms with van der Waals surface area (Å²) in [5.74, 6) is 0.631. The van der Waals surface area contributed by atoms with Crippen LogP contribution in [0.2, 0.25) is 5.02 Å². The number of hydrogen-bond donors (Lipinski definition) is 1. The highest BCUT2D eigenvalue weighted by atomic mass is 35.5. The lowest BCUT2D eigenvalue weighted by molar-refractivity contribution is 0.183. The summed E-state index contributed by atoms with van der Waals surface area (Å²) >= 11 is 6.23. The standard InChI is InChI=1S/C17H17ClFNO/c1-10-7-12(13(18)9-14(10)19)17(20-2)16-8-11-5-3-4-6-15(11)21-16/h3-7,9,16-17,20H,8H2,1-2H3. The second kappa shape index (κ2) is 5.66. The van der Waals surface area contributed by atoms with Gasteiger partial charge in [-0.2, -0.15) is 0 Å². The molecule has 2 unspecified atom stereocenters. The summed E-state index contributed by atoms with van der Waals surface area (Å²) in [5.41, 5.74) is 2.65. The molecule has 21 heavy (non-hydrogen) atoms. The van der Waals surface area contributed by atoms with Crippen LogP contribution in [-0.2, 0) is 6.42 Å². The van der Waals surface area contributed by atoms with E-state index in [1.807, 2.05) is 25.2 Å². The first-order valence-corrected chi connectivity index (χ1v) is 7.35. The molecule has 1 aliphatic rings. The number of benzene rings is 2. The number of ether oxygens (including phenoxy) is 1. The van der Waals surface area contributed by atoms with E-state index in [-0.39, 0.29) is 18.0 Å². The Bertz CT molecular complexity index is 649. The van der Waals surface area contributed by atoms with Gasteiger partial charge in [0.05, 0.1) is 6.04 Å². The molecule has 0 amide bonds. The summed E-state index contributed by atoms with van der Waals surface area (Å²) in [7, 11) is 1.87. The van der Waals surface area contributed by atoms with Crippen molar-refractivity contribution in [1.29, 1.82) is 0 Å². The Hall–Kier alpha value is -1.58. The molecule has 0 saturated heterocycles. The van der Waals surface area contributed by atoms with E-state index in [4.69, 9.17) is 16.3 Å². The van der Waals surface area contributed by atoms with Crippen molar-refractivity contribution in [2.45, 2.75) is 25.5 Å². The van der Waals surface area contributed by atoms with Crippen molar-refractivity contribution in [3.63, 3.8) is 0 Å². The fraction of sp³-hybridized carbons (Fsp3) is 0.294. The van der Waals surface area contributed by atoms with Crippen LogP contribution in [0, 0.1) is 12.7 Å². The third-order valence-electron chi connectivity index (χ3n) is 3.97. The molecule has 2 aromatic rings. The minimum absolute atomic E-state index is 0.0465. The fourth-order valence-corrected chi connectivity index (χ4v) is 3.12. The first-order chi connectivity index (χ1) is 10.1. The van der Waals surface area contributed by atoms with E-state index < -0.39 is 0 Å². The van der Waals surface area contributed by atoms with Gasteiger partial charge in [-0.3, -0.25) is 0 Å². The van der Waals surface area contributed by atoms with Gasteiger partial charge in [-0.25, -0.2) is 4.39 Å². The Labute approximate surface area is 128 Å². The number of para-hydroxylation sites is 1. The predicted octanol–water partition coefficient (Wildman–Crippen LogP) is 4.05. The van der Waals surface area contributed by atoms with Crippen LogP contribution < -0.4 is 10.1 Å². The smallest absolute Gasteiger partial charge is 0.127 e. The van der Waals surface area contributed by atoms with E-state index >= 15 is 0 Å². The monoisotopic (exact) mass is 305 g/mol. The fourth-order valence-electron chi connectivity index (χ4n) is 2.85. The normalized spacial score (nSPS) is 18.2. The first-order valence-electron chi connectivity index (χ1n) is 6.97. The highest BCUT2D eigenvalue weighted by Gasteiger charge is 2.31. The van der Waals surface area contributed by atoms with E-state index in [1.165, 1.54) is 11.6 Å². The Morgan fingerprint density at radius 1 is 1.33 bits per heavy atom. The lowest BCUT2D eigenvalue weighted by Gasteiger charge is -2.24. The van der Waals surface area contributed by atoms with Crippen LogP contribution in [0.3, 0.4) is 0 Å². The van der Waals surface area contributed by atoms with Crippen LogP contribution in [0.25, 0.3) is 0 Å². The second-order valence-corrected chi connectivity index (χ2v) is 5.76. The van der Waals surface area contributed by atoms with E-state index in [1.54, 1.807) is 13.0 Å². The van der Waals surface area contributed by atoms with Gasteiger partial charge in [-0.1, -0.05) is 29.8 Å². The average molecular weight is 306 g/mol. The highest BCUT2D eigenvalue weighted by molar-refractivity contribution is 6.31. The van der Waals surface area contributed by atoms with E-state index in [2.05, 4.69) is 11.4 Å². The number of fused-ring (bicyclic) bond motifs is 1. The van der Waals surface area contributed by atoms with Crippen LogP contribution in [0.15, 0.2) is 36.4 Å². The Morgan fingerprint density at radius 3 is 2.81 bits per heavy atom. The van der Waals surface area contributed by atoms with Crippen molar-refractivity contribution >= 4 is 11.6 Å². The molecule has 4 heteroatoms. The average Bonchev–Trinajstić information content (AvgIpc) is 2.88. The van der Waals surface area contributed by atoms with Crippen molar-refractivity contribution in [1.82, 2.24) is 5.32 Å². The molecular formula is C17H17ClFNO. The van der Waals surface area contributed by atoms with Crippen LogP contribution in [0.4, 0.5) is 4.39 Å². The van der Waals surface area contributed by atoms with Crippen LogP contribution >= 0.6 is 11.6 Å². The van der Waals surface area contributed by atoms with Gasteiger partial charge in [0.25, 0.3) is 0 Å². The topological polar surface area (TPSA) is 21.3 Å². The molecule has 0 spiro atoms. The molecule has 0 aromatic heterocycles. The molecule has 0 radical (unpaired) electrons. The maximum atomic E-state index is 13.6. The Morgan fingerprint density at radius 2 is 2.10 bits per heavy atom. The lowest BCUT2D eigenvalue weighted by Crippen LogP contribution is -2.33. The summed E-state index contributed by atoms with van der Waals surface area (Å²) < 4.78 is 19.6. The minimum Gasteiger partial charge on any atom is -0.488 e. The van der Waals surface area contributed by atoms with Gasteiger partial charge >= 0.3 is 0 Å². The molecule has 0 fully saturated rings. The van der Waals surface area contributed by atoms with Crippen molar-refractivity contribution in [2.24, 2.45) is 0 Å². The number of nitrogens with one attached hydrogen (secondary N) is 1. The number of hydrogen-bond acceptors (Lipinski definition) is 2. The third-order valence-corrected chi connectivity index (χ3v) is 4.30. The molecule has 1 N–H and O–H groups in total. The first kappa shape index (κ1) is 14.4. The maximum Gasteiger partial charge on any atom is 0.127 e. The van der Waals surface area contributed by atoms with Gasteiger partial charge in [0.2, 0.25) is 0 Å². The zero-order valence-electron chi connectivity index (χ0n) is 12.0. The SMILES string of the molecule is CNC(c1cc(C)c(F)cc1Cl)C1Cc2ccccc2O1. The third kappa shape index (κ3) is 2.63.